The van der Waals surface area contributed by atoms with E-state index in [2.05, 4.69) is 281 Å². The normalized spacial score (nSPS) is 14.6. The van der Waals surface area contributed by atoms with Crippen LogP contribution >= 0.6 is 0 Å². The molecule has 9 aromatic carbocycles. The van der Waals surface area contributed by atoms with E-state index >= 15 is 0 Å². The molecular weight excluding hydrogens is 946 g/mol. The van der Waals surface area contributed by atoms with E-state index in [-0.39, 0.29) is 33.9 Å². The van der Waals surface area contributed by atoms with Crippen molar-refractivity contribution in [2.75, 3.05) is 9.71 Å². The first kappa shape index (κ1) is 48.6. The van der Waals surface area contributed by atoms with Gasteiger partial charge in [0.2, 0.25) is 0 Å². The van der Waals surface area contributed by atoms with Gasteiger partial charge in [0.15, 0.2) is 0 Å². The summed E-state index contributed by atoms with van der Waals surface area (Å²) in [5.41, 5.74) is 26.8. The second-order valence-electron chi connectivity index (χ2n) is 27.5. The van der Waals surface area contributed by atoms with E-state index in [0.717, 1.165) is 44.7 Å². The molecule has 0 spiro atoms. The van der Waals surface area contributed by atoms with E-state index in [4.69, 9.17) is 4.42 Å². The summed E-state index contributed by atoms with van der Waals surface area (Å²) in [5, 5.41) is 4.95. The average Bonchev–Trinajstić information content (AvgIpc) is 3.17. The van der Waals surface area contributed by atoms with Gasteiger partial charge in [-0.1, -0.05) is 188 Å². The molecule has 0 radical (unpaired) electrons. The summed E-state index contributed by atoms with van der Waals surface area (Å²) >= 11 is 0. The Bertz CT molecular complexity index is 4250. The standard InChI is InChI=1S/C73H70BN3O/c1-69(2,3)43-23-30-47(31-24-43)75(48-32-25-44(26-33-48)70(4,5)6)50-36-37-53-59(40-50)77(49-34-27-45(28-35-49)71(7,8)9)74-57-42-62-54(51-19-16-18-22-61(51)78-62)41-60(57)76-58-38-29-46(72(10,11)12)39-55(58)65-66-63(64(53)67(74)68(65)76)52-20-15-17-21-56(52)73(66,13)14/h15-42H,1-14H3. The molecule has 0 amide bonds. The van der Waals surface area contributed by atoms with E-state index in [0.29, 0.717) is 0 Å². The molecule has 4 nitrogen and oxygen atoms in total. The van der Waals surface area contributed by atoms with Gasteiger partial charge in [0.1, 0.15) is 11.2 Å². The lowest BCUT2D eigenvalue weighted by atomic mass is 9.43. The topological polar surface area (TPSA) is 24.6 Å². The molecule has 3 aliphatic rings. The zero-order valence-corrected chi connectivity index (χ0v) is 48.0. The van der Waals surface area contributed by atoms with Gasteiger partial charge in [0, 0.05) is 66.6 Å². The number of fused-ring (bicyclic) bond motifs is 16. The Morgan fingerprint density at radius 3 is 1.65 bits per heavy atom. The zero-order chi connectivity index (χ0) is 54.3. The Kier molecular flexibility index (Phi) is 10.1. The highest BCUT2D eigenvalue weighted by Crippen LogP contribution is 2.60. The molecule has 14 rings (SSSR count). The van der Waals surface area contributed by atoms with Gasteiger partial charge in [0.25, 0.3) is 0 Å². The van der Waals surface area contributed by atoms with E-state index in [1.807, 2.05) is 0 Å². The maximum absolute atomic E-state index is 6.93. The summed E-state index contributed by atoms with van der Waals surface area (Å²) in [6, 6.07) is 65.5. The van der Waals surface area contributed by atoms with Gasteiger partial charge in [0.05, 0.1) is 11.0 Å². The van der Waals surface area contributed by atoms with Gasteiger partial charge < -0.3 is 18.7 Å². The van der Waals surface area contributed by atoms with Gasteiger partial charge in [-0.05, 0) is 162 Å². The molecule has 0 atom stereocenters. The van der Waals surface area contributed by atoms with Gasteiger partial charge in [-0.3, -0.25) is 0 Å². The minimum atomic E-state index is -0.298. The van der Waals surface area contributed by atoms with Gasteiger partial charge in [-0.15, -0.1) is 0 Å². The number of nitrogens with zero attached hydrogens (tertiary/aromatic N) is 3. The predicted molar refractivity (Wildman–Crippen MR) is 334 cm³/mol. The maximum atomic E-state index is 6.93. The molecule has 386 valence electrons. The minimum Gasteiger partial charge on any atom is -0.456 e. The first-order valence-electron chi connectivity index (χ1n) is 28.3. The summed E-state index contributed by atoms with van der Waals surface area (Å²) in [6.45, 7) is 32.5. The van der Waals surface area contributed by atoms with Crippen LogP contribution in [0.2, 0.25) is 0 Å². The van der Waals surface area contributed by atoms with Crippen LogP contribution in [0.1, 0.15) is 130 Å². The predicted octanol–water partition coefficient (Wildman–Crippen LogP) is 18.9. The monoisotopic (exact) mass is 1020 g/mol. The van der Waals surface area contributed by atoms with Gasteiger partial charge >= 0.3 is 6.85 Å². The number of benzene rings is 9. The lowest BCUT2D eigenvalue weighted by molar-refractivity contribution is 0.590. The molecule has 1 aliphatic carbocycles. The maximum Gasteiger partial charge on any atom is 0.333 e. The van der Waals surface area contributed by atoms with E-state index in [1.165, 1.54) is 99.7 Å². The Balaban J connectivity index is 1.15. The van der Waals surface area contributed by atoms with Crippen molar-refractivity contribution in [3.8, 4) is 27.9 Å². The first-order chi connectivity index (χ1) is 37.0. The fraction of sp³-hybridized carbons (Fsp3) is 0.260. The average molecular weight is 1020 g/mol. The van der Waals surface area contributed by atoms with Gasteiger partial charge in [-0.25, -0.2) is 0 Å². The Morgan fingerprint density at radius 1 is 0.462 bits per heavy atom. The summed E-state index contributed by atoms with van der Waals surface area (Å²) in [4.78, 5) is 5.17. The molecule has 0 unspecified atom stereocenters. The quantitative estimate of drug-likeness (QED) is 0.164. The van der Waals surface area contributed by atoms with Crippen LogP contribution < -0.4 is 20.6 Å². The van der Waals surface area contributed by atoms with Crippen LogP contribution in [0.3, 0.4) is 0 Å². The number of furan rings is 1. The van der Waals surface area contributed by atoms with Crippen molar-refractivity contribution in [2.24, 2.45) is 0 Å². The molecular formula is C73H70BN3O. The number of hydrogen-bond acceptors (Lipinski definition) is 3. The number of para-hydroxylation sites is 1. The zero-order valence-electron chi connectivity index (χ0n) is 48.0. The van der Waals surface area contributed by atoms with Crippen LogP contribution in [0.15, 0.2) is 174 Å². The molecule has 5 heteroatoms. The SMILES string of the molecule is CC(C)(C)c1ccc(N2B3c4cc5oc6ccccc6c5cc4-n4c5ccc(C(C)(C)C)cc5c5c6c(c(c3c54)-c3ccc(N(c4ccc(C(C)(C)C)cc4)c4ccc(C(C)(C)C)cc4)cc32)-c2ccccc2C6(C)C)cc1. The molecule has 0 saturated heterocycles. The van der Waals surface area contributed by atoms with Crippen molar-refractivity contribution in [3.63, 3.8) is 0 Å². The Morgan fingerprint density at radius 2 is 1.03 bits per heavy atom. The first-order valence-corrected chi connectivity index (χ1v) is 28.3. The number of rotatable bonds is 4. The molecule has 11 aromatic rings. The third kappa shape index (κ3) is 6.98. The smallest absolute Gasteiger partial charge is 0.333 e. The minimum absolute atomic E-state index is 0.0175. The van der Waals surface area contributed by atoms with Crippen LogP contribution in [-0.4, -0.2) is 11.4 Å². The van der Waals surface area contributed by atoms with Crippen LogP contribution in [0.4, 0.5) is 28.4 Å². The van der Waals surface area contributed by atoms with E-state index < -0.39 is 0 Å². The van der Waals surface area contributed by atoms with Crippen molar-refractivity contribution in [2.45, 2.75) is 124 Å². The molecule has 0 N–H and O–H groups in total. The van der Waals surface area contributed by atoms with Crippen molar-refractivity contribution < 1.29 is 4.42 Å². The number of aromatic nitrogens is 1. The lowest BCUT2D eigenvalue weighted by Crippen LogP contribution is -2.60. The van der Waals surface area contributed by atoms with Crippen molar-refractivity contribution in [1.29, 1.82) is 0 Å². The fourth-order valence-corrected chi connectivity index (χ4v) is 13.7. The fourth-order valence-electron chi connectivity index (χ4n) is 13.7. The summed E-state index contributed by atoms with van der Waals surface area (Å²) in [6.07, 6.45) is 0. The largest absolute Gasteiger partial charge is 0.456 e. The Labute approximate surface area is 461 Å². The van der Waals surface area contributed by atoms with Gasteiger partial charge in [-0.2, -0.15) is 0 Å². The summed E-state index contributed by atoms with van der Waals surface area (Å²) in [5.74, 6) is 0. The Hall–Kier alpha value is -7.76. The molecule has 0 fully saturated rings. The van der Waals surface area contributed by atoms with Crippen molar-refractivity contribution in [1.82, 2.24) is 4.57 Å². The van der Waals surface area contributed by atoms with Crippen molar-refractivity contribution in [3.05, 3.63) is 203 Å². The highest BCUT2D eigenvalue weighted by Gasteiger charge is 2.50. The lowest BCUT2D eigenvalue weighted by Gasteiger charge is -2.43. The van der Waals surface area contributed by atoms with Crippen LogP contribution in [0.5, 0.6) is 0 Å². The molecule has 2 aliphatic heterocycles. The molecule has 78 heavy (non-hydrogen) atoms. The molecule has 4 heterocycles. The summed E-state index contributed by atoms with van der Waals surface area (Å²) in [7, 11) is 0. The number of hydrogen-bond donors (Lipinski definition) is 0. The third-order valence-corrected chi connectivity index (χ3v) is 18.0. The molecule has 2 aromatic heterocycles. The summed E-state index contributed by atoms with van der Waals surface area (Å²) < 4.78 is 9.59. The molecule has 0 saturated carbocycles. The second kappa shape index (κ2) is 16.2. The highest BCUT2D eigenvalue weighted by molar-refractivity contribution is 6.94. The molecule has 0 bridgehead atoms. The van der Waals surface area contributed by atoms with E-state index in [1.54, 1.807) is 0 Å². The number of anilines is 5. The van der Waals surface area contributed by atoms with Crippen LogP contribution in [0.25, 0.3) is 71.7 Å². The van der Waals surface area contributed by atoms with Crippen LogP contribution in [0, 0.1) is 0 Å². The van der Waals surface area contributed by atoms with Crippen LogP contribution in [-0.2, 0) is 27.1 Å². The highest BCUT2D eigenvalue weighted by atomic mass is 16.3. The van der Waals surface area contributed by atoms with E-state index in [9.17, 15) is 0 Å². The van der Waals surface area contributed by atoms with Crippen molar-refractivity contribution >= 4 is 90.0 Å². The second-order valence-corrected chi connectivity index (χ2v) is 27.5. The third-order valence-electron chi connectivity index (χ3n) is 18.0.